The van der Waals surface area contributed by atoms with E-state index in [0.717, 1.165) is 12.2 Å². The highest BCUT2D eigenvalue weighted by Gasteiger charge is 2.19. The van der Waals surface area contributed by atoms with Crippen molar-refractivity contribution >= 4 is 11.7 Å². The monoisotopic (exact) mass is 282 g/mol. The van der Waals surface area contributed by atoms with Crippen LogP contribution < -0.4 is 10.2 Å². The van der Waals surface area contributed by atoms with E-state index in [0.29, 0.717) is 13.0 Å². The molecule has 5 heteroatoms. The Labute approximate surface area is 119 Å². The van der Waals surface area contributed by atoms with Gasteiger partial charge in [0.15, 0.2) is 0 Å². The number of halogens is 1. The maximum Gasteiger partial charge on any atom is 0.320 e. The Balaban J connectivity index is 2.63. The first-order valence-electron chi connectivity index (χ1n) is 6.93. The number of anilines is 1. The fraction of sp³-hybridized carbons (Fsp3) is 0.533. The average molecular weight is 282 g/mol. The molecule has 0 aliphatic heterocycles. The smallest absolute Gasteiger partial charge is 0.320 e. The van der Waals surface area contributed by atoms with E-state index in [1.807, 2.05) is 25.7 Å². The zero-order valence-electron chi connectivity index (χ0n) is 12.3. The Morgan fingerprint density at radius 1 is 1.35 bits per heavy atom. The Hall–Kier alpha value is -1.62. The standard InChI is InChI=1S/C15H23FN2O2/c1-4-18(13-7-5-12(16)6-8-13)10-9-14(15(19)20)17-11(2)3/h5-8,11,14,17H,4,9-10H2,1-3H3,(H,19,20). The van der Waals surface area contributed by atoms with E-state index in [4.69, 9.17) is 0 Å². The molecule has 1 atom stereocenters. The van der Waals surface area contributed by atoms with Gasteiger partial charge in [-0.05, 0) is 37.6 Å². The minimum atomic E-state index is -0.839. The van der Waals surface area contributed by atoms with Crippen molar-refractivity contribution in [1.29, 1.82) is 0 Å². The molecule has 4 nitrogen and oxygen atoms in total. The van der Waals surface area contributed by atoms with Crippen molar-refractivity contribution in [2.24, 2.45) is 0 Å². The Morgan fingerprint density at radius 3 is 2.40 bits per heavy atom. The number of hydrogen-bond donors (Lipinski definition) is 2. The van der Waals surface area contributed by atoms with Crippen molar-refractivity contribution in [2.75, 3.05) is 18.0 Å². The normalized spacial score (nSPS) is 12.4. The molecule has 0 aromatic heterocycles. The molecule has 1 aromatic carbocycles. The van der Waals surface area contributed by atoms with Crippen molar-refractivity contribution in [3.63, 3.8) is 0 Å². The molecule has 0 radical (unpaired) electrons. The fourth-order valence-corrected chi connectivity index (χ4v) is 2.09. The molecule has 0 spiro atoms. The van der Waals surface area contributed by atoms with Gasteiger partial charge in [-0.2, -0.15) is 0 Å². The summed E-state index contributed by atoms with van der Waals surface area (Å²) >= 11 is 0. The molecule has 0 aliphatic rings. The summed E-state index contributed by atoms with van der Waals surface area (Å²) < 4.78 is 12.9. The van der Waals surface area contributed by atoms with Gasteiger partial charge in [-0.3, -0.25) is 4.79 Å². The van der Waals surface area contributed by atoms with Crippen LogP contribution in [0, 0.1) is 5.82 Å². The van der Waals surface area contributed by atoms with Gasteiger partial charge in [0, 0.05) is 24.8 Å². The van der Waals surface area contributed by atoms with Crippen LogP contribution in [0.1, 0.15) is 27.2 Å². The van der Waals surface area contributed by atoms with Gasteiger partial charge < -0.3 is 15.3 Å². The summed E-state index contributed by atoms with van der Waals surface area (Å²) in [4.78, 5) is 13.2. The van der Waals surface area contributed by atoms with Crippen molar-refractivity contribution in [1.82, 2.24) is 5.32 Å². The first kappa shape index (κ1) is 16.4. The van der Waals surface area contributed by atoms with Crippen LogP contribution in [-0.2, 0) is 4.79 Å². The topological polar surface area (TPSA) is 52.6 Å². The Morgan fingerprint density at radius 2 is 1.95 bits per heavy atom. The van der Waals surface area contributed by atoms with Crippen LogP contribution in [-0.4, -0.2) is 36.2 Å². The number of nitrogens with one attached hydrogen (secondary N) is 1. The number of aliphatic carboxylic acids is 1. The summed E-state index contributed by atoms with van der Waals surface area (Å²) in [5, 5.41) is 12.2. The highest BCUT2D eigenvalue weighted by molar-refractivity contribution is 5.73. The molecule has 0 bridgehead atoms. The zero-order valence-corrected chi connectivity index (χ0v) is 12.3. The second-order valence-corrected chi connectivity index (χ2v) is 5.06. The Kier molecular flexibility index (Phi) is 6.45. The Bertz CT molecular complexity index is 420. The molecule has 0 amide bonds. The molecule has 0 heterocycles. The quantitative estimate of drug-likeness (QED) is 0.769. The van der Waals surface area contributed by atoms with E-state index < -0.39 is 12.0 Å². The highest BCUT2D eigenvalue weighted by Crippen LogP contribution is 2.15. The summed E-state index contributed by atoms with van der Waals surface area (Å²) in [5.41, 5.74) is 0.905. The summed E-state index contributed by atoms with van der Waals surface area (Å²) in [7, 11) is 0. The second kappa shape index (κ2) is 7.85. The molecular formula is C15H23FN2O2. The number of hydrogen-bond acceptors (Lipinski definition) is 3. The molecule has 0 fully saturated rings. The van der Waals surface area contributed by atoms with Crippen LogP contribution >= 0.6 is 0 Å². The predicted molar refractivity (Wildman–Crippen MR) is 78.6 cm³/mol. The molecule has 112 valence electrons. The number of carbonyl (C=O) groups is 1. The summed E-state index contributed by atoms with van der Waals surface area (Å²) in [6.07, 6.45) is 0.499. The highest BCUT2D eigenvalue weighted by atomic mass is 19.1. The van der Waals surface area contributed by atoms with Crippen molar-refractivity contribution in [3.05, 3.63) is 30.1 Å². The van der Waals surface area contributed by atoms with E-state index in [9.17, 15) is 14.3 Å². The van der Waals surface area contributed by atoms with E-state index in [2.05, 4.69) is 5.32 Å². The lowest BCUT2D eigenvalue weighted by Crippen LogP contribution is -2.43. The lowest BCUT2D eigenvalue weighted by Gasteiger charge is -2.25. The van der Waals surface area contributed by atoms with Gasteiger partial charge in [0.05, 0.1) is 0 Å². The van der Waals surface area contributed by atoms with Crippen LogP contribution in [0.25, 0.3) is 0 Å². The van der Waals surface area contributed by atoms with Crippen molar-refractivity contribution < 1.29 is 14.3 Å². The maximum atomic E-state index is 12.9. The van der Waals surface area contributed by atoms with Gasteiger partial charge >= 0.3 is 5.97 Å². The molecule has 20 heavy (non-hydrogen) atoms. The van der Waals surface area contributed by atoms with Crippen LogP contribution in [0.5, 0.6) is 0 Å². The number of carboxylic acid groups (broad SMARTS) is 1. The molecular weight excluding hydrogens is 259 g/mol. The number of benzene rings is 1. The fourth-order valence-electron chi connectivity index (χ4n) is 2.09. The summed E-state index contributed by atoms with van der Waals surface area (Å²) in [6, 6.07) is 5.81. The van der Waals surface area contributed by atoms with Gasteiger partial charge in [-0.1, -0.05) is 13.8 Å². The van der Waals surface area contributed by atoms with E-state index in [1.54, 1.807) is 12.1 Å². The zero-order chi connectivity index (χ0) is 15.1. The van der Waals surface area contributed by atoms with Crippen LogP contribution in [0.2, 0.25) is 0 Å². The summed E-state index contributed by atoms with van der Waals surface area (Å²) in [5.74, 6) is -1.11. The maximum absolute atomic E-state index is 12.9. The van der Waals surface area contributed by atoms with Crippen LogP contribution in [0.15, 0.2) is 24.3 Å². The lowest BCUT2D eigenvalue weighted by molar-refractivity contribution is -0.139. The third-order valence-electron chi connectivity index (χ3n) is 3.09. The molecule has 0 saturated carbocycles. The number of nitrogens with zero attached hydrogens (tertiary/aromatic N) is 1. The minimum absolute atomic E-state index is 0.122. The van der Waals surface area contributed by atoms with Gasteiger partial charge in [-0.15, -0.1) is 0 Å². The summed E-state index contributed by atoms with van der Waals surface area (Å²) in [6.45, 7) is 7.20. The molecule has 2 N–H and O–H groups in total. The first-order valence-corrected chi connectivity index (χ1v) is 6.93. The van der Waals surface area contributed by atoms with Gasteiger partial charge in [0.2, 0.25) is 0 Å². The third kappa shape index (κ3) is 5.17. The van der Waals surface area contributed by atoms with Gasteiger partial charge in [0.25, 0.3) is 0 Å². The van der Waals surface area contributed by atoms with Gasteiger partial charge in [0.1, 0.15) is 11.9 Å². The third-order valence-corrected chi connectivity index (χ3v) is 3.09. The van der Waals surface area contributed by atoms with Crippen LogP contribution in [0.4, 0.5) is 10.1 Å². The van der Waals surface area contributed by atoms with Crippen molar-refractivity contribution in [3.8, 4) is 0 Å². The molecule has 1 unspecified atom stereocenters. The second-order valence-electron chi connectivity index (χ2n) is 5.06. The van der Waals surface area contributed by atoms with E-state index >= 15 is 0 Å². The SMILES string of the molecule is CCN(CCC(NC(C)C)C(=O)O)c1ccc(F)cc1. The largest absolute Gasteiger partial charge is 0.480 e. The minimum Gasteiger partial charge on any atom is -0.480 e. The molecule has 1 rings (SSSR count). The molecule has 0 saturated heterocycles. The predicted octanol–water partition coefficient (Wildman–Crippen LogP) is 2.49. The van der Waals surface area contributed by atoms with E-state index in [-0.39, 0.29) is 11.9 Å². The average Bonchev–Trinajstić information content (AvgIpc) is 2.39. The van der Waals surface area contributed by atoms with E-state index in [1.165, 1.54) is 12.1 Å². The van der Waals surface area contributed by atoms with Gasteiger partial charge in [-0.25, -0.2) is 4.39 Å². The van der Waals surface area contributed by atoms with Crippen LogP contribution in [0.3, 0.4) is 0 Å². The molecule has 1 aromatic rings. The molecule has 0 aliphatic carbocycles. The number of carboxylic acids is 1. The lowest BCUT2D eigenvalue weighted by atomic mass is 10.1. The first-order chi connectivity index (χ1) is 9.43. The van der Waals surface area contributed by atoms with Crippen molar-refractivity contribution in [2.45, 2.75) is 39.3 Å². The number of rotatable bonds is 8.